The van der Waals surface area contributed by atoms with E-state index in [9.17, 15) is 14.0 Å². The van der Waals surface area contributed by atoms with Crippen molar-refractivity contribution in [3.8, 4) is 11.5 Å². The van der Waals surface area contributed by atoms with Gasteiger partial charge in [0.25, 0.3) is 5.91 Å². The number of hydrogen-bond acceptors (Lipinski definition) is 4. The number of halogens is 1. The van der Waals surface area contributed by atoms with Crippen molar-refractivity contribution in [3.05, 3.63) is 95.3 Å². The fourth-order valence-corrected chi connectivity index (χ4v) is 4.16. The quantitative estimate of drug-likeness (QED) is 0.517. The van der Waals surface area contributed by atoms with E-state index in [0.29, 0.717) is 49.7 Å². The first-order chi connectivity index (χ1) is 17.0. The molecule has 3 aromatic carbocycles. The van der Waals surface area contributed by atoms with Gasteiger partial charge in [0, 0.05) is 25.2 Å². The van der Waals surface area contributed by atoms with Crippen LogP contribution in [-0.2, 0) is 17.9 Å². The number of methoxy groups -OCH3 is 1. The van der Waals surface area contributed by atoms with Crippen LogP contribution in [0.1, 0.15) is 34.3 Å². The molecule has 1 unspecified atom stereocenters. The minimum atomic E-state index is -0.384. The molecule has 6 nitrogen and oxygen atoms in total. The summed E-state index contributed by atoms with van der Waals surface area (Å²) in [5.74, 6) is 0.284. The molecule has 2 amide bonds. The second-order valence-corrected chi connectivity index (χ2v) is 8.57. The maximum absolute atomic E-state index is 13.2. The summed E-state index contributed by atoms with van der Waals surface area (Å²) in [6, 6.07) is 21.0. The van der Waals surface area contributed by atoms with Gasteiger partial charge in [0.1, 0.15) is 12.4 Å². The Morgan fingerprint density at radius 2 is 1.77 bits per heavy atom. The Balaban J connectivity index is 1.31. The van der Waals surface area contributed by atoms with Gasteiger partial charge in [-0.3, -0.25) is 9.59 Å². The highest BCUT2D eigenvalue weighted by Crippen LogP contribution is 2.29. The smallest absolute Gasteiger partial charge is 0.253 e. The number of carbonyl (C=O) groups excluding carboxylic acids is 2. The number of likely N-dealkylation sites (tertiary alicyclic amines) is 1. The van der Waals surface area contributed by atoms with Crippen molar-refractivity contribution in [3.63, 3.8) is 0 Å². The molecule has 0 saturated carbocycles. The zero-order valence-corrected chi connectivity index (χ0v) is 19.7. The molecule has 1 heterocycles. The van der Waals surface area contributed by atoms with Gasteiger partial charge in [-0.15, -0.1) is 0 Å². The Bertz CT molecular complexity index is 1150. The minimum absolute atomic E-state index is 0.0926. The number of hydrogen-bond donors (Lipinski definition) is 1. The van der Waals surface area contributed by atoms with Crippen LogP contribution < -0.4 is 14.8 Å². The molecule has 4 rings (SSSR count). The molecule has 0 aromatic heterocycles. The molecule has 1 fully saturated rings. The van der Waals surface area contributed by atoms with Gasteiger partial charge in [-0.25, -0.2) is 4.39 Å². The fraction of sp³-hybridized carbons (Fsp3) is 0.286. The molecule has 0 bridgehead atoms. The molecule has 1 saturated heterocycles. The van der Waals surface area contributed by atoms with E-state index in [4.69, 9.17) is 9.47 Å². The van der Waals surface area contributed by atoms with Crippen LogP contribution in [0.5, 0.6) is 11.5 Å². The molecule has 1 N–H and O–H groups in total. The summed E-state index contributed by atoms with van der Waals surface area (Å²) in [5.41, 5.74) is 2.37. The van der Waals surface area contributed by atoms with E-state index in [1.54, 1.807) is 12.0 Å². The van der Waals surface area contributed by atoms with Crippen LogP contribution in [0.2, 0.25) is 0 Å². The third kappa shape index (κ3) is 6.38. The zero-order valence-electron chi connectivity index (χ0n) is 19.7. The molecule has 3 aromatic rings. The predicted octanol–water partition coefficient (Wildman–Crippen LogP) is 4.58. The first-order valence-corrected chi connectivity index (χ1v) is 11.7. The Kier molecular flexibility index (Phi) is 7.98. The molecule has 7 heteroatoms. The number of nitrogens with zero attached hydrogens (tertiary/aromatic N) is 1. The summed E-state index contributed by atoms with van der Waals surface area (Å²) in [7, 11) is 1.59. The van der Waals surface area contributed by atoms with Crippen LogP contribution in [0.4, 0.5) is 4.39 Å². The van der Waals surface area contributed by atoms with Crippen molar-refractivity contribution in [2.24, 2.45) is 5.92 Å². The van der Waals surface area contributed by atoms with E-state index in [0.717, 1.165) is 17.5 Å². The summed E-state index contributed by atoms with van der Waals surface area (Å²) >= 11 is 0. The number of ether oxygens (including phenoxy) is 2. The molecule has 1 atom stereocenters. The van der Waals surface area contributed by atoms with Crippen molar-refractivity contribution in [2.45, 2.75) is 26.0 Å². The highest BCUT2D eigenvalue weighted by atomic mass is 19.1. The molecule has 0 spiro atoms. The average molecular weight is 477 g/mol. The Hall–Kier alpha value is -3.87. The van der Waals surface area contributed by atoms with Gasteiger partial charge in [-0.05, 0) is 60.4 Å². The van der Waals surface area contributed by atoms with Crippen LogP contribution in [0.25, 0.3) is 0 Å². The highest BCUT2D eigenvalue weighted by molar-refractivity contribution is 5.94. The maximum atomic E-state index is 13.2. The van der Waals surface area contributed by atoms with Gasteiger partial charge in [0.2, 0.25) is 5.91 Å². The van der Waals surface area contributed by atoms with E-state index < -0.39 is 0 Å². The first-order valence-electron chi connectivity index (χ1n) is 11.7. The minimum Gasteiger partial charge on any atom is -0.493 e. The van der Waals surface area contributed by atoms with Gasteiger partial charge >= 0.3 is 0 Å². The fourth-order valence-electron chi connectivity index (χ4n) is 4.16. The van der Waals surface area contributed by atoms with Crippen molar-refractivity contribution < 1.29 is 23.5 Å². The molecule has 0 radical (unpaired) electrons. The number of rotatable bonds is 8. The third-order valence-electron chi connectivity index (χ3n) is 6.10. The molecule has 182 valence electrons. The van der Waals surface area contributed by atoms with Gasteiger partial charge in [-0.2, -0.15) is 0 Å². The van der Waals surface area contributed by atoms with Gasteiger partial charge in [0.15, 0.2) is 11.5 Å². The van der Waals surface area contributed by atoms with Gasteiger partial charge in [0.05, 0.1) is 13.0 Å². The van der Waals surface area contributed by atoms with E-state index in [2.05, 4.69) is 5.32 Å². The van der Waals surface area contributed by atoms with Crippen LogP contribution in [0.3, 0.4) is 0 Å². The van der Waals surface area contributed by atoms with Crippen LogP contribution >= 0.6 is 0 Å². The van der Waals surface area contributed by atoms with E-state index >= 15 is 0 Å². The lowest BCUT2D eigenvalue weighted by molar-refractivity contribution is -0.126. The largest absolute Gasteiger partial charge is 0.493 e. The normalized spacial score (nSPS) is 15.4. The molecule has 35 heavy (non-hydrogen) atoms. The second kappa shape index (κ2) is 11.5. The Labute approximate surface area is 204 Å². The van der Waals surface area contributed by atoms with Crippen LogP contribution in [0, 0.1) is 11.7 Å². The van der Waals surface area contributed by atoms with Crippen LogP contribution in [0.15, 0.2) is 72.8 Å². The Morgan fingerprint density at radius 3 is 2.51 bits per heavy atom. The number of carbonyl (C=O) groups is 2. The van der Waals surface area contributed by atoms with E-state index in [1.807, 2.05) is 48.5 Å². The van der Waals surface area contributed by atoms with E-state index in [1.165, 1.54) is 24.3 Å². The van der Waals surface area contributed by atoms with Crippen molar-refractivity contribution in [2.75, 3.05) is 20.2 Å². The summed E-state index contributed by atoms with van der Waals surface area (Å²) < 4.78 is 24.5. The number of piperidine rings is 1. The predicted molar refractivity (Wildman–Crippen MR) is 131 cm³/mol. The number of nitrogens with one attached hydrogen (secondary N) is 1. The van der Waals surface area contributed by atoms with Crippen molar-refractivity contribution in [1.29, 1.82) is 0 Å². The second-order valence-electron chi connectivity index (χ2n) is 8.57. The lowest BCUT2D eigenvalue weighted by atomic mass is 9.96. The van der Waals surface area contributed by atoms with Crippen molar-refractivity contribution in [1.82, 2.24) is 10.2 Å². The Morgan fingerprint density at radius 1 is 1.00 bits per heavy atom. The lowest BCUT2D eigenvalue weighted by Gasteiger charge is -2.32. The summed E-state index contributed by atoms with van der Waals surface area (Å²) in [6.07, 6.45) is 1.46. The van der Waals surface area contributed by atoms with E-state index in [-0.39, 0.29) is 23.5 Å². The van der Waals surface area contributed by atoms with Gasteiger partial charge in [-0.1, -0.05) is 36.4 Å². The van der Waals surface area contributed by atoms with Gasteiger partial charge < -0.3 is 19.7 Å². The monoisotopic (exact) mass is 476 g/mol. The maximum Gasteiger partial charge on any atom is 0.253 e. The topological polar surface area (TPSA) is 67.9 Å². The highest BCUT2D eigenvalue weighted by Gasteiger charge is 2.28. The third-order valence-corrected chi connectivity index (χ3v) is 6.10. The first kappa shape index (κ1) is 24.3. The zero-order chi connectivity index (χ0) is 24.6. The summed E-state index contributed by atoms with van der Waals surface area (Å²) in [5, 5.41) is 2.98. The average Bonchev–Trinajstić information content (AvgIpc) is 2.91. The summed E-state index contributed by atoms with van der Waals surface area (Å²) in [6.45, 7) is 1.71. The van der Waals surface area contributed by atoms with Crippen molar-refractivity contribution >= 4 is 11.8 Å². The summed E-state index contributed by atoms with van der Waals surface area (Å²) in [4.78, 5) is 27.3. The molecule has 0 aliphatic carbocycles. The number of amides is 2. The molecule has 1 aliphatic rings. The lowest BCUT2D eigenvalue weighted by Crippen LogP contribution is -2.45. The number of benzene rings is 3. The molecular weight excluding hydrogens is 447 g/mol. The van der Waals surface area contributed by atoms with Crippen LogP contribution in [-0.4, -0.2) is 36.9 Å². The molecule has 1 aliphatic heterocycles. The SMILES string of the molecule is COc1cc(CNC(=O)C2CCCN(C(=O)c3ccc(F)cc3)C2)ccc1OCc1ccccc1. The standard InChI is InChI=1S/C28H29FN2O4/c1-34-26-16-21(9-14-25(26)35-19-20-6-3-2-4-7-20)17-30-27(32)23-8-5-15-31(18-23)28(33)22-10-12-24(29)13-11-22/h2-4,6-7,9-14,16,23H,5,8,15,17-19H2,1H3,(H,30,32). The molecular formula is C28H29FN2O4.